The van der Waals surface area contributed by atoms with Crippen molar-refractivity contribution in [2.24, 2.45) is 0 Å². The monoisotopic (exact) mass is 600 g/mol. The number of rotatable bonds is 20. The third kappa shape index (κ3) is 72.2. The van der Waals surface area contributed by atoms with Crippen molar-refractivity contribution in [2.75, 3.05) is 52.4 Å². The molecule has 240 valence electrons. The number of ketones is 2. The van der Waals surface area contributed by atoms with E-state index in [0.29, 0.717) is 32.5 Å². The fourth-order valence-electron chi connectivity index (χ4n) is 1.71. The number of carbonyl (C=O) groups is 8. The van der Waals surface area contributed by atoms with E-state index in [1.165, 1.54) is 13.8 Å². The van der Waals surface area contributed by atoms with E-state index in [1.54, 1.807) is 0 Å². The Hall–Kier alpha value is -4.00. The normalized spacial score (nSPS) is 9.02. The summed E-state index contributed by atoms with van der Waals surface area (Å²) in [5.41, 5.74) is 0. The topological polar surface area (TPSA) is 306 Å². The second-order valence-electron chi connectivity index (χ2n) is 7.47. The Bertz CT molecular complexity index is 696. The summed E-state index contributed by atoms with van der Waals surface area (Å²) < 4.78 is 0. The lowest BCUT2D eigenvalue weighted by Gasteiger charge is -1.98. The van der Waals surface area contributed by atoms with Crippen molar-refractivity contribution in [1.82, 2.24) is 21.3 Å². The van der Waals surface area contributed by atoms with E-state index in [4.69, 9.17) is 30.6 Å². The minimum absolute atomic E-state index is 0. The summed E-state index contributed by atoms with van der Waals surface area (Å²) in [4.78, 5) is 79.7. The van der Waals surface area contributed by atoms with Crippen LogP contribution in [0.15, 0.2) is 0 Å². The lowest BCUT2D eigenvalue weighted by molar-refractivity contribution is -0.138. The van der Waals surface area contributed by atoms with Gasteiger partial charge in [-0.15, -0.1) is 0 Å². The number of carbonyl (C=O) groups excluding carboxylic acids is 2. The second kappa shape index (κ2) is 34.0. The van der Waals surface area contributed by atoms with Crippen molar-refractivity contribution in [3.8, 4) is 0 Å². The SMILES string of the molecule is C.CC(=O)CCNCC(=O)O.CC(=O)CCNCCC(=O)O.O=C(O)CCNCC(=O)O.O=C(O)CNCC(=O)O. The first-order valence-electron chi connectivity index (χ1n) is 11.6. The molecule has 0 radical (unpaired) electrons. The Morgan fingerprint density at radius 3 is 0.902 bits per heavy atom. The van der Waals surface area contributed by atoms with Crippen LogP contribution in [0, 0.1) is 0 Å². The molecule has 0 aromatic carbocycles. The zero-order valence-corrected chi connectivity index (χ0v) is 22.4. The summed E-state index contributed by atoms with van der Waals surface area (Å²) >= 11 is 0. The number of hydrogen-bond donors (Lipinski definition) is 10. The smallest absolute Gasteiger partial charge is 0.317 e. The van der Waals surface area contributed by atoms with Crippen LogP contribution in [0.2, 0.25) is 0 Å². The Morgan fingerprint density at radius 2 is 0.634 bits per heavy atom. The molecule has 0 bridgehead atoms. The highest BCUT2D eigenvalue weighted by atomic mass is 16.4. The second-order valence-corrected chi connectivity index (χ2v) is 7.47. The Labute approximate surface area is 237 Å². The van der Waals surface area contributed by atoms with E-state index in [9.17, 15) is 38.4 Å². The molecular formula is C23H44N4O14. The van der Waals surface area contributed by atoms with Crippen LogP contribution < -0.4 is 21.3 Å². The Morgan fingerprint density at radius 1 is 0.390 bits per heavy atom. The van der Waals surface area contributed by atoms with Gasteiger partial charge in [0.2, 0.25) is 0 Å². The maximum absolute atomic E-state index is 10.4. The third-order valence-electron chi connectivity index (χ3n) is 3.44. The van der Waals surface area contributed by atoms with Crippen molar-refractivity contribution < 1.29 is 69.0 Å². The fourth-order valence-corrected chi connectivity index (χ4v) is 1.71. The molecule has 0 aromatic heterocycles. The highest BCUT2D eigenvalue weighted by molar-refractivity contribution is 5.76. The van der Waals surface area contributed by atoms with E-state index < -0.39 is 35.8 Å². The lowest BCUT2D eigenvalue weighted by atomic mass is 10.3. The molecule has 0 heterocycles. The van der Waals surface area contributed by atoms with Crippen molar-refractivity contribution in [1.29, 1.82) is 0 Å². The number of nitrogens with one attached hydrogen (secondary N) is 4. The molecule has 41 heavy (non-hydrogen) atoms. The molecule has 0 aliphatic rings. The maximum Gasteiger partial charge on any atom is 0.317 e. The zero-order chi connectivity index (χ0) is 31.9. The van der Waals surface area contributed by atoms with Crippen LogP contribution in [-0.2, 0) is 38.4 Å². The molecule has 0 saturated heterocycles. The van der Waals surface area contributed by atoms with Crippen molar-refractivity contribution >= 4 is 47.4 Å². The van der Waals surface area contributed by atoms with Crippen LogP contribution in [0.4, 0.5) is 0 Å². The first-order chi connectivity index (χ1) is 18.5. The summed E-state index contributed by atoms with van der Waals surface area (Å²) in [5, 5.41) is 58.5. The van der Waals surface area contributed by atoms with Crippen molar-refractivity contribution in [3.05, 3.63) is 0 Å². The maximum atomic E-state index is 10.4. The quantitative estimate of drug-likeness (QED) is 0.0688. The van der Waals surface area contributed by atoms with Gasteiger partial charge >= 0.3 is 35.8 Å². The van der Waals surface area contributed by atoms with Crippen LogP contribution in [0.5, 0.6) is 0 Å². The van der Waals surface area contributed by atoms with Gasteiger partial charge in [0.1, 0.15) is 11.6 Å². The predicted octanol–water partition coefficient (Wildman–Crippen LogP) is -1.81. The summed E-state index contributed by atoms with van der Waals surface area (Å²) in [6.45, 7) is 3.75. The molecule has 0 spiro atoms. The molecule has 0 atom stereocenters. The first-order valence-corrected chi connectivity index (χ1v) is 11.6. The fraction of sp³-hybridized carbons (Fsp3) is 0.652. The van der Waals surface area contributed by atoms with Gasteiger partial charge in [-0.05, 0) is 13.8 Å². The minimum atomic E-state index is -1.06. The molecule has 0 amide bonds. The van der Waals surface area contributed by atoms with Gasteiger partial charge in [0, 0.05) is 39.0 Å². The number of hydrogen-bond acceptors (Lipinski definition) is 12. The molecule has 0 rings (SSSR count). The minimum Gasteiger partial charge on any atom is -0.481 e. The van der Waals surface area contributed by atoms with Gasteiger partial charge in [-0.25, -0.2) is 0 Å². The number of aliphatic carboxylic acids is 6. The van der Waals surface area contributed by atoms with Gasteiger partial charge < -0.3 is 46.6 Å². The van der Waals surface area contributed by atoms with E-state index in [2.05, 4.69) is 21.3 Å². The molecule has 0 aliphatic carbocycles. The predicted molar refractivity (Wildman–Crippen MR) is 144 cm³/mol. The molecule has 10 N–H and O–H groups in total. The van der Waals surface area contributed by atoms with Crippen LogP contribution in [-0.4, -0.2) is 130 Å². The van der Waals surface area contributed by atoms with Gasteiger partial charge in [-0.3, -0.25) is 43.7 Å². The molecule has 0 aliphatic heterocycles. The number of Topliss-reactive ketones (excluding diaryl/α,β-unsaturated/α-hetero) is 2. The van der Waals surface area contributed by atoms with E-state index in [0.717, 1.165) is 0 Å². The van der Waals surface area contributed by atoms with Gasteiger partial charge in [-0.1, -0.05) is 7.43 Å². The van der Waals surface area contributed by atoms with Crippen LogP contribution in [0.3, 0.4) is 0 Å². The van der Waals surface area contributed by atoms with Crippen molar-refractivity contribution in [3.63, 3.8) is 0 Å². The summed E-state index contributed by atoms with van der Waals surface area (Å²) in [5.74, 6) is -5.56. The van der Waals surface area contributed by atoms with Gasteiger partial charge in [0.05, 0.1) is 39.0 Å². The lowest BCUT2D eigenvalue weighted by Crippen LogP contribution is -2.27. The third-order valence-corrected chi connectivity index (χ3v) is 3.44. The van der Waals surface area contributed by atoms with Gasteiger partial charge in [0.15, 0.2) is 0 Å². The van der Waals surface area contributed by atoms with E-state index >= 15 is 0 Å². The van der Waals surface area contributed by atoms with Crippen molar-refractivity contribution in [2.45, 2.75) is 47.0 Å². The van der Waals surface area contributed by atoms with Crippen LogP contribution in [0.25, 0.3) is 0 Å². The number of carboxylic acid groups (broad SMARTS) is 6. The molecule has 18 heteroatoms. The standard InChI is InChI=1S/C7H13NO3.C6H11NO3.C5H9NO4.C4H7NO4.CH4/c1-6(9)2-4-8-5-3-7(10)11;1-5(8)2-3-7-4-6(9)10;7-4(8)1-2-6-3-5(9)10;6-3(7)1-5-2-4(8)9;/h8H,2-5H2,1H3,(H,10,11);7H,2-4H2,1H3,(H,9,10);6H,1-3H2,(H,7,8)(H,9,10);5H,1-2H2,(H,6,7)(H,8,9);1H4. The highest BCUT2D eigenvalue weighted by Gasteiger charge is 1.99. The molecule has 0 fully saturated rings. The largest absolute Gasteiger partial charge is 0.481 e. The summed E-state index contributed by atoms with van der Waals surface area (Å²) in [6, 6.07) is 0. The Kier molecular flexibility index (Phi) is 38.9. The molecule has 0 aromatic rings. The zero-order valence-electron chi connectivity index (χ0n) is 22.4. The average Bonchev–Trinajstić information content (AvgIpc) is 2.79. The van der Waals surface area contributed by atoms with E-state index in [1.807, 2.05) is 0 Å². The van der Waals surface area contributed by atoms with Crippen LogP contribution in [0.1, 0.15) is 47.0 Å². The summed E-state index contributed by atoms with van der Waals surface area (Å²) in [6.07, 6.45) is 0.929. The molecular weight excluding hydrogens is 556 g/mol. The van der Waals surface area contributed by atoms with Gasteiger partial charge in [0.25, 0.3) is 0 Å². The van der Waals surface area contributed by atoms with E-state index in [-0.39, 0.29) is 64.6 Å². The highest BCUT2D eigenvalue weighted by Crippen LogP contribution is 1.80. The number of carboxylic acids is 6. The van der Waals surface area contributed by atoms with Crippen LogP contribution >= 0.6 is 0 Å². The van der Waals surface area contributed by atoms with Gasteiger partial charge in [-0.2, -0.15) is 0 Å². The summed E-state index contributed by atoms with van der Waals surface area (Å²) in [7, 11) is 0. The Balaban J connectivity index is -0.000000140. The molecule has 0 saturated carbocycles. The first kappa shape index (κ1) is 46.8. The molecule has 18 nitrogen and oxygen atoms in total. The average molecular weight is 601 g/mol. The molecule has 0 unspecified atom stereocenters.